The molecule has 0 aliphatic rings. The third kappa shape index (κ3) is 2.08. The lowest BCUT2D eigenvalue weighted by atomic mass is 10.1. The molecule has 0 bridgehead atoms. The van der Waals surface area contributed by atoms with Crippen molar-refractivity contribution in [1.29, 1.82) is 0 Å². The molecule has 1 aromatic heterocycles. The number of H-pyrrole nitrogens is 1. The number of halogens is 1. The van der Waals surface area contributed by atoms with Gasteiger partial charge >= 0.3 is 0 Å². The van der Waals surface area contributed by atoms with Crippen LogP contribution in [0.5, 0.6) is 0 Å². The maximum absolute atomic E-state index is 5.83. The van der Waals surface area contributed by atoms with E-state index in [1.165, 1.54) is 0 Å². The Bertz CT molecular complexity index is 575. The van der Waals surface area contributed by atoms with Gasteiger partial charge in [0.2, 0.25) is 0 Å². The summed E-state index contributed by atoms with van der Waals surface area (Å²) in [6, 6.07) is 7.46. The molecule has 0 radical (unpaired) electrons. The number of anilines is 1. The number of aryl methyl sites for hydroxylation is 1. The van der Waals surface area contributed by atoms with Crippen LogP contribution in [0.3, 0.4) is 0 Å². The molecule has 0 saturated heterocycles. The molecule has 82 valence electrons. The van der Waals surface area contributed by atoms with Crippen LogP contribution < -0.4 is 5.73 Å². The monoisotopic (exact) mass is 251 g/mol. The average Bonchev–Trinajstić information content (AvgIpc) is 2.19. The molecule has 0 saturated carbocycles. The molecular weight excluding hydrogens is 242 g/mol. The Kier molecular flexibility index (Phi) is 2.94. The van der Waals surface area contributed by atoms with Gasteiger partial charge in [0.1, 0.15) is 4.64 Å². The molecule has 0 unspecified atom stereocenters. The van der Waals surface area contributed by atoms with E-state index in [1.807, 2.05) is 31.2 Å². The molecule has 16 heavy (non-hydrogen) atoms. The van der Waals surface area contributed by atoms with Crippen molar-refractivity contribution in [3.05, 3.63) is 39.6 Å². The lowest BCUT2D eigenvalue weighted by Crippen LogP contribution is -1.99. The van der Waals surface area contributed by atoms with Crippen molar-refractivity contribution in [2.45, 2.75) is 6.92 Å². The van der Waals surface area contributed by atoms with Gasteiger partial charge in [0, 0.05) is 16.3 Å². The molecule has 1 heterocycles. The predicted octanol–water partition coefficient (Wildman–Crippen LogP) is 3.35. The Morgan fingerprint density at radius 3 is 2.50 bits per heavy atom. The SMILES string of the molecule is Cc1[nH]c(N)nc(=S)c1-c1ccc(Cl)cc1. The summed E-state index contributed by atoms with van der Waals surface area (Å²) in [6.45, 7) is 1.91. The van der Waals surface area contributed by atoms with Crippen molar-refractivity contribution in [3.8, 4) is 11.1 Å². The Morgan fingerprint density at radius 2 is 1.94 bits per heavy atom. The molecule has 2 rings (SSSR count). The fourth-order valence-electron chi connectivity index (χ4n) is 1.56. The highest BCUT2D eigenvalue weighted by atomic mass is 35.5. The topological polar surface area (TPSA) is 54.7 Å². The first kappa shape index (κ1) is 11.1. The predicted molar refractivity (Wildman–Crippen MR) is 69.0 cm³/mol. The van der Waals surface area contributed by atoms with Gasteiger partial charge in [-0.15, -0.1) is 0 Å². The molecule has 0 fully saturated rings. The van der Waals surface area contributed by atoms with Crippen molar-refractivity contribution >= 4 is 29.8 Å². The number of hydrogen-bond acceptors (Lipinski definition) is 3. The molecule has 5 heteroatoms. The van der Waals surface area contributed by atoms with E-state index in [0.29, 0.717) is 15.6 Å². The fourth-order valence-corrected chi connectivity index (χ4v) is 2.06. The second-order valence-electron chi connectivity index (χ2n) is 3.43. The molecule has 2 aromatic rings. The van der Waals surface area contributed by atoms with E-state index < -0.39 is 0 Å². The Morgan fingerprint density at radius 1 is 1.31 bits per heavy atom. The van der Waals surface area contributed by atoms with Crippen LogP contribution >= 0.6 is 23.8 Å². The number of nitrogen functional groups attached to an aromatic ring is 1. The van der Waals surface area contributed by atoms with E-state index in [9.17, 15) is 0 Å². The van der Waals surface area contributed by atoms with Gasteiger partial charge in [-0.3, -0.25) is 0 Å². The van der Waals surface area contributed by atoms with Gasteiger partial charge in [0.15, 0.2) is 5.95 Å². The smallest absolute Gasteiger partial charge is 0.198 e. The van der Waals surface area contributed by atoms with Crippen LogP contribution in [0.25, 0.3) is 11.1 Å². The van der Waals surface area contributed by atoms with E-state index in [0.717, 1.165) is 16.8 Å². The molecule has 0 atom stereocenters. The lowest BCUT2D eigenvalue weighted by molar-refractivity contribution is 1.11. The molecular formula is C11H10ClN3S. The highest BCUT2D eigenvalue weighted by molar-refractivity contribution is 7.71. The van der Waals surface area contributed by atoms with Gasteiger partial charge in [-0.05, 0) is 24.6 Å². The maximum Gasteiger partial charge on any atom is 0.198 e. The normalized spacial score (nSPS) is 10.4. The van der Waals surface area contributed by atoms with E-state index in [4.69, 9.17) is 29.6 Å². The van der Waals surface area contributed by atoms with E-state index in [-0.39, 0.29) is 0 Å². The summed E-state index contributed by atoms with van der Waals surface area (Å²) in [5.74, 6) is 0.334. The van der Waals surface area contributed by atoms with Gasteiger partial charge in [-0.1, -0.05) is 36.0 Å². The van der Waals surface area contributed by atoms with Crippen molar-refractivity contribution in [1.82, 2.24) is 9.97 Å². The Hall–Kier alpha value is -1.39. The summed E-state index contributed by atoms with van der Waals surface area (Å²) < 4.78 is 0.496. The van der Waals surface area contributed by atoms with Crippen LogP contribution in [0.4, 0.5) is 5.95 Å². The van der Waals surface area contributed by atoms with Crippen molar-refractivity contribution in [2.75, 3.05) is 5.73 Å². The van der Waals surface area contributed by atoms with Gasteiger partial charge in [-0.2, -0.15) is 0 Å². The zero-order valence-electron chi connectivity index (χ0n) is 8.62. The first-order valence-corrected chi connectivity index (χ1v) is 5.49. The Labute approximate surface area is 103 Å². The summed E-state index contributed by atoms with van der Waals surface area (Å²) in [7, 11) is 0. The standard InChI is InChI=1S/C11H10ClN3S/c1-6-9(10(16)15-11(13)14-6)7-2-4-8(12)5-3-7/h2-5H,1H3,(H3,13,14,15,16). The van der Waals surface area contributed by atoms with Crippen LogP contribution in [-0.2, 0) is 0 Å². The van der Waals surface area contributed by atoms with Crippen LogP contribution in [-0.4, -0.2) is 9.97 Å². The van der Waals surface area contributed by atoms with Crippen molar-refractivity contribution in [2.24, 2.45) is 0 Å². The fraction of sp³-hybridized carbons (Fsp3) is 0.0909. The minimum Gasteiger partial charge on any atom is -0.369 e. The third-order valence-corrected chi connectivity index (χ3v) is 2.81. The van der Waals surface area contributed by atoms with Crippen molar-refractivity contribution in [3.63, 3.8) is 0 Å². The van der Waals surface area contributed by atoms with Crippen LogP contribution in [0.15, 0.2) is 24.3 Å². The summed E-state index contributed by atoms with van der Waals surface area (Å²) in [5.41, 5.74) is 8.35. The Balaban J connectivity index is 2.65. The van der Waals surface area contributed by atoms with Gasteiger partial charge < -0.3 is 10.7 Å². The van der Waals surface area contributed by atoms with Crippen LogP contribution in [0.1, 0.15) is 5.69 Å². The van der Waals surface area contributed by atoms with E-state index in [2.05, 4.69) is 9.97 Å². The zero-order valence-corrected chi connectivity index (χ0v) is 10.2. The van der Waals surface area contributed by atoms with Crippen LogP contribution in [0.2, 0.25) is 5.02 Å². The number of benzene rings is 1. The molecule has 1 aromatic carbocycles. The van der Waals surface area contributed by atoms with Gasteiger partial charge in [0.25, 0.3) is 0 Å². The number of aromatic amines is 1. The summed E-state index contributed by atoms with van der Waals surface area (Å²) in [5, 5.41) is 0.694. The lowest BCUT2D eigenvalue weighted by Gasteiger charge is -2.07. The highest BCUT2D eigenvalue weighted by Crippen LogP contribution is 2.24. The van der Waals surface area contributed by atoms with E-state index >= 15 is 0 Å². The second-order valence-corrected chi connectivity index (χ2v) is 4.26. The van der Waals surface area contributed by atoms with Gasteiger partial charge in [-0.25, -0.2) is 4.98 Å². The second kappa shape index (κ2) is 4.23. The van der Waals surface area contributed by atoms with Crippen molar-refractivity contribution < 1.29 is 0 Å². The minimum absolute atomic E-state index is 0.334. The quantitative estimate of drug-likeness (QED) is 0.765. The molecule has 3 N–H and O–H groups in total. The van der Waals surface area contributed by atoms with E-state index in [1.54, 1.807) is 0 Å². The molecule has 0 aliphatic carbocycles. The average molecular weight is 252 g/mol. The molecule has 3 nitrogen and oxygen atoms in total. The first-order chi connectivity index (χ1) is 7.58. The number of rotatable bonds is 1. The third-order valence-electron chi connectivity index (χ3n) is 2.26. The molecule has 0 spiro atoms. The zero-order chi connectivity index (χ0) is 11.7. The number of aromatic nitrogens is 2. The summed E-state index contributed by atoms with van der Waals surface area (Å²) >= 11 is 11.0. The van der Waals surface area contributed by atoms with Gasteiger partial charge in [0.05, 0.1) is 0 Å². The number of nitrogens with two attached hydrogens (primary N) is 1. The number of nitrogens with one attached hydrogen (secondary N) is 1. The highest BCUT2D eigenvalue weighted by Gasteiger charge is 2.06. The molecule has 0 aliphatic heterocycles. The summed E-state index contributed by atoms with van der Waals surface area (Å²) in [6.07, 6.45) is 0. The maximum atomic E-state index is 5.83. The largest absolute Gasteiger partial charge is 0.369 e. The number of hydrogen-bond donors (Lipinski definition) is 2. The minimum atomic E-state index is 0.334. The summed E-state index contributed by atoms with van der Waals surface area (Å²) in [4.78, 5) is 7.00. The first-order valence-electron chi connectivity index (χ1n) is 4.70. The number of nitrogens with zero attached hydrogens (tertiary/aromatic N) is 1. The molecule has 0 amide bonds. The van der Waals surface area contributed by atoms with Crippen LogP contribution in [0, 0.1) is 11.6 Å².